The molecule has 2 amide bonds. The van der Waals surface area contributed by atoms with Crippen LogP contribution < -0.4 is 0 Å². The lowest BCUT2D eigenvalue weighted by molar-refractivity contribution is -0.145. The van der Waals surface area contributed by atoms with Gasteiger partial charge in [0.1, 0.15) is 6.10 Å². The van der Waals surface area contributed by atoms with Crippen LogP contribution in [-0.4, -0.2) is 60.5 Å². The highest BCUT2D eigenvalue weighted by molar-refractivity contribution is 5.82. The van der Waals surface area contributed by atoms with Gasteiger partial charge in [-0.2, -0.15) is 0 Å². The summed E-state index contributed by atoms with van der Waals surface area (Å²) in [4.78, 5) is 28.7. The largest absolute Gasteiger partial charge is 0.368 e. The second-order valence-corrected chi connectivity index (χ2v) is 7.80. The molecule has 0 aliphatic carbocycles. The second kappa shape index (κ2) is 8.67. The monoisotopic (exact) mass is 358 g/mol. The Morgan fingerprint density at radius 2 is 1.65 bits per heavy atom. The minimum Gasteiger partial charge on any atom is -0.368 e. The molecular formula is C21H30N2O3. The average molecular weight is 358 g/mol. The molecule has 142 valence electrons. The second-order valence-electron chi connectivity index (χ2n) is 7.80. The van der Waals surface area contributed by atoms with Crippen LogP contribution in [0.25, 0.3) is 0 Å². The van der Waals surface area contributed by atoms with Gasteiger partial charge in [-0.25, -0.2) is 0 Å². The molecule has 2 aliphatic heterocycles. The Labute approximate surface area is 156 Å². The maximum atomic E-state index is 12.6. The third-order valence-electron chi connectivity index (χ3n) is 5.17. The van der Waals surface area contributed by atoms with Gasteiger partial charge in [0.25, 0.3) is 5.91 Å². The number of carbonyl (C=O) groups is 2. The summed E-state index contributed by atoms with van der Waals surface area (Å²) < 4.78 is 5.48. The van der Waals surface area contributed by atoms with Crippen molar-refractivity contribution in [1.82, 2.24) is 9.80 Å². The van der Waals surface area contributed by atoms with Gasteiger partial charge >= 0.3 is 0 Å². The van der Waals surface area contributed by atoms with E-state index >= 15 is 0 Å². The van der Waals surface area contributed by atoms with E-state index in [1.807, 2.05) is 9.80 Å². The molecule has 2 saturated heterocycles. The molecular weight excluding hydrogens is 328 g/mol. The zero-order valence-corrected chi connectivity index (χ0v) is 15.9. The smallest absolute Gasteiger partial charge is 0.251 e. The molecule has 1 aromatic carbocycles. The number of nitrogens with zero attached hydrogens (tertiary/aromatic N) is 2. The molecule has 1 atom stereocenters. The molecule has 26 heavy (non-hydrogen) atoms. The van der Waals surface area contributed by atoms with Gasteiger partial charge in [-0.3, -0.25) is 9.59 Å². The number of hydrogen-bond acceptors (Lipinski definition) is 3. The van der Waals surface area contributed by atoms with Crippen molar-refractivity contribution < 1.29 is 14.3 Å². The van der Waals surface area contributed by atoms with Crippen molar-refractivity contribution in [3.05, 3.63) is 35.4 Å². The number of hydrogen-bond donors (Lipinski definition) is 0. The van der Waals surface area contributed by atoms with Gasteiger partial charge in [0.05, 0.1) is 6.42 Å². The first-order chi connectivity index (χ1) is 12.5. The number of benzene rings is 1. The maximum absolute atomic E-state index is 12.6. The van der Waals surface area contributed by atoms with Crippen LogP contribution in [0.1, 0.15) is 37.8 Å². The predicted molar refractivity (Wildman–Crippen MR) is 101 cm³/mol. The zero-order valence-electron chi connectivity index (χ0n) is 15.9. The summed E-state index contributed by atoms with van der Waals surface area (Å²) in [6.45, 7) is 7.55. The van der Waals surface area contributed by atoms with Crippen LogP contribution in [0, 0.1) is 5.92 Å². The molecule has 0 N–H and O–H groups in total. The van der Waals surface area contributed by atoms with Crippen molar-refractivity contribution >= 4 is 11.8 Å². The minimum absolute atomic E-state index is 0.0929. The van der Waals surface area contributed by atoms with E-state index in [2.05, 4.69) is 38.1 Å². The van der Waals surface area contributed by atoms with Crippen molar-refractivity contribution in [3.63, 3.8) is 0 Å². The number of piperazine rings is 1. The summed E-state index contributed by atoms with van der Waals surface area (Å²) in [5, 5.41) is 0. The van der Waals surface area contributed by atoms with Crippen LogP contribution in [0.4, 0.5) is 0 Å². The van der Waals surface area contributed by atoms with Crippen molar-refractivity contribution in [1.29, 1.82) is 0 Å². The van der Waals surface area contributed by atoms with E-state index in [-0.39, 0.29) is 17.9 Å². The van der Waals surface area contributed by atoms with E-state index in [4.69, 9.17) is 4.74 Å². The van der Waals surface area contributed by atoms with Crippen molar-refractivity contribution in [2.24, 2.45) is 5.92 Å². The Bertz CT molecular complexity index is 613. The highest BCUT2D eigenvalue weighted by atomic mass is 16.5. The van der Waals surface area contributed by atoms with Gasteiger partial charge in [-0.1, -0.05) is 38.1 Å². The summed E-state index contributed by atoms with van der Waals surface area (Å²) in [5.41, 5.74) is 2.37. The average Bonchev–Trinajstić information content (AvgIpc) is 3.17. The molecule has 1 aromatic rings. The van der Waals surface area contributed by atoms with Crippen LogP contribution in [0.3, 0.4) is 0 Å². The van der Waals surface area contributed by atoms with E-state index in [1.54, 1.807) is 0 Å². The summed E-state index contributed by atoms with van der Waals surface area (Å²) >= 11 is 0. The van der Waals surface area contributed by atoms with E-state index in [0.717, 1.165) is 24.8 Å². The number of ether oxygens (including phenoxy) is 1. The van der Waals surface area contributed by atoms with Gasteiger partial charge in [0.15, 0.2) is 0 Å². The third-order valence-corrected chi connectivity index (χ3v) is 5.17. The predicted octanol–water partition coefficient (Wildman–Crippen LogP) is 2.28. The van der Waals surface area contributed by atoms with Crippen LogP contribution >= 0.6 is 0 Å². The Balaban J connectivity index is 1.46. The number of carbonyl (C=O) groups excluding carboxylic acids is 2. The quantitative estimate of drug-likeness (QED) is 0.811. The molecule has 0 radical (unpaired) electrons. The topological polar surface area (TPSA) is 49.9 Å². The fourth-order valence-electron chi connectivity index (χ4n) is 3.70. The van der Waals surface area contributed by atoms with Crippen LogP contribution in [-0.2, 0) is 27.2 Å². The molecule has 3 rings (SSSR count). The molecule has 1 unspecified atom stereocenters. The van der Waals surface area contributed by atoms with Crippen molar-refractivity contribution in [2.75, 3.05) is 32.8 Å². The van der Waals surface area contributed by atoms with E-state index in [0.29, 0.717) is 45.1 Å². The van der Waals surface area contributed by atoms with E-state index < -0.39 is 0 Å². The molecule has 2 fully saturated rings. The summed E-state index contributed by atoms with van der Waals surface area (Å²) in [6, 6.07) is 8.38. The molecule has 2 heterocycles. The van der Waals surface area contributed by atoms with Gasteiger partial charge in [-0.15, -0.1) is 0 Å². The van der Waals surface area contributed by atoms with Gasteiger partial charge in [-0.05, 0) is 36.3 Å². The Morgan fingerprint density at radius 3 is 2.23 bits per heavy atom. The fraction of sp³-hybridized carbons (Fsp3) is 0.619. The molecule has 5 nitrogen and oxygen atoms in total. The normalized spacial score (nSPS) is 20.7. The zero-order chi connectivity index (χ0) is 18.5. The van der Waals surface area contributed by atoms with E-state index in [1.165, 1.54) is 5.56 Å². The summed E-state index contributed by atoms with van der Waals surface area (Å²) in [5.74, 6) is 0.872. The lowest BCUT2D eigenvalue weighted by atomic mass is 10.0. The number of rotatable bonds is 5. The lowest BCUT2D eigenvalue weighted by Gasteiger charge is -2.35. The fourth-order valence-corrected chi connectivity index (χ4v) is 3.70. The molecule has 2 aliphatic rings. The first kappa shape index (κ1) is 18.9. The maximum Gasteiger partial charge on any atom is 0.251 e. The van der Waals surface area contributed by atoms with E-state index in [9.17, 15) is 9.59 Å². The van der Waals surface area contributed by atoms with Gasteiger partial charge in [0, 0.05) is 32.8 Å². The van der Waals surface area contributed by atoms with Crippen molar-refractivity contribution in [3.8, 4) is 0 Å². The SMILES string of the molecule is CC(C)Cc1ccc(CC(=O)N2CCN(C(=O)C3CCCO3)CC2)cc1. The standard InChI is InChI=1S/C21H30N2O3/c1-16(2)14-17-5-7-18(8-6-17)15-20(24)22-9-11-23(12-10-22)21(25)19-4-3-13-26-19/h5-8,16,19H,3-4,9-15H2,1-2H3. The molecule has 0 saturated carbocycles. The Hall–Kier alpha value is -1.88. The molecule has 0 bridgehead atoms. The summed E-state index contributed by atoms with van der Waals surface area (Å²) in [7, 11) is 0. The Kier molecular flexibility index (Phi) is 6.30. The Morgan fingerprint density at radius 1 is 1.04 bits per heavy atom. The van der Waals surface area contributed by atoms with Crippen LogP contribution in [0.15, 0.2) is 24.3 Å². The molecule has 5 heteroatoms. The summed E-state index contributed by atoms with van der Waals surface area (Å²) in [6.07, 6.45) is 3.02. The number of amides is 2. The molecule has 0 aromatic heterocycles. The first-order valence-corrected chi connectivity index (χ1v) is 9.79. The van der Waals surface area contributed by atoms with Crippen molar-refractivity contribution in [2.45, 2.75) is 45.6 Å². The van der Waals surface area contributed by atoms with Gasteiger partial charge in [0.2, 0.25) is 5.91 Å². The van der Waals surface area contributed by atoms with Gasteiger partial charge < -0.3 is 14.5 Å². The highest BCUT2D eigenvalue weighted by Crippen LogP contribution is 2.16. The van der Waals surface area contributed by atoms with Crippen LogP contribution in [0.2, 0.25) is 0 Å². The third kappa shape index (κ3) is 4.85. The minimum atomic E-state index is -0.262. The molecule has 0 spiro atoms. The highest BCUT2D eigenvalue weighted by Gasteiger charge is 2.31. The first-order valence-electron chi connectivity index (χ1n) is 9.79. The lowest BCUT2D eigenvalue weighted by Crippen LogP contribution is -2.53. The van der Waals surface area contributed by atoms with Crippen LogP contribution in [0.5, 0.6) is 0 Å².